The monoisotopic (exact) mass is 868 g/mol. The van der Waals surface area contributed by atoms with Gasteiger partial charge in [0.15, 0.2) is 6.10 Å². The summed E-state index contributed by atoms with van der Waals surface area (Å²) >= 11 is 0. The molecule has 10 nitrogen and oxygen atoms in total. The van der Waals surface area contributed by atoms with Crippen LogP contribution in [0.1, 0.15) is 110 Å². The predicted molar refractivity (Wildman–Crippen MR) is 250 cm³/mol. The van der Waals surface area contributed by atoms with Crippen LogP contribution in [0.4, 0.5) is 0 Å². The predicted octanol–water partition coefficient (Wildman–Crippen LogP) is 11.0. The Morgan fingerprint density at radius 2 is 1.10 bits per heavy atom. The number of esters is 2. The number of allylic oxidation sites excluding steroid dienone is 20. The lowest BCUT2D eigenvalue weighted by Gasteiger charge is -2.28. The Kier molecular flexibility index (Phi) is 37.6. The first-order chi connectivity index (χ1) is 29.4. The van der Waals surface area contributed by atoms with Crippen molar-refractivity contribution in [3.05, 3.63) is 134 Å². The molecule has 11 heteroatoms. The number of aliphatic hydroxyl groups is 1. The highest BCUT2D eigenvalue weighted by Gasteiger charge is 2.21. The third-order valence-corrected chi connectivity index (χ3v) is 9.22. The van der Waals surface area contributed by atoms with Crippen LogP contribution in [0.15, 0.2) is 134 Å². The highest BCUT2D eigenvalue weighted by molar-refractivity contribution is 7.45. The molecule has 0 aromatic carbocycles. The lowest BCUT2D eigenvalue weighted by molar-refractivity contribution is -0.870. The van der Waals surface area contributed by atoms with Crippen LogP contribution in [0, 0.1) is 0 Å². The number of quaternary nitrogens is 1. The number of phosphoric acid groups is 1. The molecule has 342 valence electrons. The molecule has 0 spiro atoms. The number of nitrogens with zero attached hydrogens (tertiary/aromatic N) is 1. The maximum Gasteiger partial charge on any atom is 0.306 e. The van der Waals surface area contributed by atoms with Crippen molar-refractivity contribution in [3.8, 4) is 0 Å². The second-order valence-corrected chi connectivity index (χ2v) is 16.6. The van der Waals surface area contributed by atoms with Gasteiger partial charge < -0.3 is 33.0 Å². The number of ether oxygens (including phenoxy) is 2. The van der Waals surface area contributed by atoms with E-state index < -0.39 is 38.6 Å². The summed E-state index contributed by atoms with van der Waals surface area (Å²) in [5, 5.41) is 10.0. The number of phosphoric ester groups is 1. The van der Waals surface area contributed by atoms with E-state index in [0.717, 1.165) is 51.4 Å². The summed E-state index contributed by atoms with van der Waals surface area (Å²) in [6.45, 7) is 3.72. The molecule has 3 atom stereocenters. The molecule has 1 N–H and O–H groups in total. The first-order valence-corrected chi connectivity index (χ1v) is 23.5. The van der Waals surface area contributed by atoms with Gasteiger partial charge in [0.25, 0.3) is 7.82 Å². The zero-order valence-corrected chi connectivity index (χ0v) is 38.8. The van der Waals surface area contributed by atoms with Gasteiger partial charge in [-0.05, 0) is 83.5 Å². The number of unbranched alkanes of at least 4 members (excludes halogenated alkanes) is 1. The molecule has 0 aliphatic rings. The largest absolute Gasteiger partial charge is 0.756 e. The van der Waals surface area contributed by atoms with Crippen LogP contribution in [0.25, 0.3) is 0 Å². The van der Waals surface area contributed by atoms with Crippen LogP contribution < -0.4 is 4.89 Å². The molecule has 0 heterocycles. The maximum atomic E-state index is 12.7. The molecule has 0 radical (unpaired) electrons. The fourth-order valence-corrected chi connectivity index (χ4v) is 5.58. The van der Waals surface area contributed by atoms with E-state index in [0.29, 0.717) is 43.1 Å². The van der Waals surface area contributed by atoms with Crippen LogP contribution in [0.5, 0.6) is 0 Å². The van der Waals surface area contributed by atoms with Gasteiger partial charge in [-0.25, -0.2) is 0 Å². The number of carbonyl (C=O) groups excluding carboxylic acids is 2. The Bertz CT molecular complexity index is 1510. The molecule has 0 amide bonds. The summed E-state index contributed by atoms with van der Waals surface area (Å²) in [4.78, 5) is 37.5. The van der Waals surface area contributed by atoms with Gasteiger partial charge in [-0.15, -0.1) is 0 Å². The van der Waals surface area contributed by atoms with Gasteiger partial charge >= 0.3 is 11.9 Å². The summed E-state index contributed by atoms with van der Waals surface area (Å²) in [5.41, 5.74) is 0. The topological polar surface area (TPSA) is 131 Å². The Hall–Kier alpha value is -3.89. The SMILES string of the molecule is CC/C=C\C/C=C\C/C=C\C/C=C\C/C=C\CCCC(=O)O[C@H](COC(=O)CC/C=C\C/C=C\C/C=C\C=C\C(O)C/C=C\C/C=C\CC)COP(=O)([O-])OCC[N+](C)(C)C. The second kappa shape index (κ2) is 40.2. The van der Waals surface area contributed by atoms with Gasteiger partial charge in [-0.1, -0.05) is 148 Å². The van der Waals surface area contributed by atoms with Crippen molar-refractivity contribution in [2.45, 2.75) is 122 Å². The lowest BCUT2D eigenvalue weighted by atomic mass is 10.2. The lowest BCUT2D eigenvalue weighted by Crippen LogP contribution is -2.37. The summed E-state index contributed by atoms with van der Waals surface area (Å²) in [6, 6.07) is 0. The zero-order chi connectivity index (χ0) is 45.1. The van der Waals surface area contributed by atoms with E-state index in [9.17, 15) is 24.2 Å². The summed E-state index contributed by atoms with van der Waals surface area (Å²) in [7, 11) is 1.03. The van der Waals surface area contributed by atoms with Crippen LogP contribution in [-0.4, -0.2) is 81.2 Å². The number of aliphatic hydroxyl groups excluding tert-OH is 1. The molecule has 0 rings (SSSR count). The minimum atomic E-state index is -4.68. The van der Waals surface area contributed by atoms with Gasteiger partial charge in [0.05, 0.1) is 33.9 Å². The van der Waals surface area contributed by atoms with Crippen LogP contribution in [0.2, 0.25) is 0 Å². The van der Waals surface area contributed by atoms with Crippen LogP contribution >= 0.6 is 7.82 Å². The highest BCUT2D eigenvalue weighted by atomic mass is 31.2. The van der Waals surface area contributed by atoms with Crippen LogP contribution in [-0.2, 0) is 32.7 Å². The first-order valence-electron chi connectivity index (χ1n) is 22.0. The molecule has 61 heavy (non-hydrogen) atoms. The molecule has 0 aromatic rings. The Morgan fingerprint density at radius 3 is 1.64 bits per heavy atom. The van der Waals surface area contributed by atoms with E-state index >= 15 is 0 Å². The molecular formula is C50H78NO9P. The summed E-state index contributed by atoms with van der Waals surface area (Å²) < 4.78 is 33.7. The molecule has 0 aliphatic heterocycles. The van der Waals surface area contributed by atoms with E-state index in [-0.39, 0.29) is 26.1 Å². The average molecular weight is 868 g/mol. The van der Waals surface area contributed by atoms with Gasteiger partial charge in [-0.2, -0.15) is 0 Å². The molecule has 0 aliphatic carbocycles. The molecule has 0 fully saturated rings. The number of hydrogen-bond donors (Lipinski definition) is 1. The molecule has 0 aromatic heterocycles. The molecule has 0 saturated carbocycles. The van der Waals surface area contributed by atoms with Gasteiger partial charge in [0.2, 0.25) is 0 Å². The molecule has 2 unspecified atom stereocenters. The number of rotatable bonds is 37. The molecular weight excluding hydrogens is 790 g/mol. The third-order valence-electron chi connectivity index (χ3n) is 8.26. The van der Waals surface area contributed by atoms with Crippen molar-refractivity contribution >= 4 is 19.8 Å². The molecule has 0 bridgehead atoms. The number of carbonyl (C=O) groups is 2. The zero-order valence-electron chi connectivity index (χ0n) is 37.9. The smallest absolute Gasteiger partial charge is 0.306 e. The molecule has 0 saturated heterocycles. The van der Waals surface area contributed by atoms with E-state index in [4.69, 9.17) is 18.5 Å². The van der Waals surface area contributed by atoms with E-state index in [1.165, 1.54) is 0 Å². The minimum absolute atomic E-state index is 0.0698. The van der Waals surface area contributed by atoms with Crippen molar-refractivity contribution in [3.63, 3.8) is 0 Å². The van der Waals surface area contributed by atoms with Crippen molar-refractivity contribution in [1.29, 1.82) is 0 Å². The summed E-state index contributed by atoms with van der Waals surface area (Å²) in [5.74, 6) is -1.05. The van der Waals surface area contributed by atoms with Gasteiger partial charge in [0, 0.05) is 12.8 Å². The Balaban J connectivity index is 4.66. The highest BCUT2D eigenvalue weighted by Crippen LogP contribution is 2.38. The first kappa shape index (κ1) is 57.1. The fourth-order valence-electron chi connectivity index (χ4n) is 4.86. The van der Waals surface area contributed by atoms with Gasteiger partial charge in [0.1, 0.15) is 19.8 Å². The Morgan fingerprint density at radius 1 is 0.607 bits per heavy atom. The van der Waals surface area contributed by atoms with E-state index in [2.05, 4.69) is 80.7 Å². The quantitative estimate of drug-likeness (QED) is 0.0162. The number of hydrogen-bond acceptors (Lipinski definition) is 9. The van der Waals surface area contributed by atoms with E-state index in [1.807, 2.05) is 81.9 Å². The standard InChI is InChI=1S/C50H78NO9P/c1-6-8-10-12-14-15-16-17-18-19-20-21-22-27-30-34-38-42-50(54)60-48(46-59-61(55,56)58-44-43-51(3,4)5)45-57-49(53)41-37-33-29-26-24-23-25-28-32-36-40-47(52)39-35-31-13-11-9-7-2/h8-11,14-15,17-18,20-21,23-24,27-33,35-36,40,47-48,52H,6-7,12-13,16,19,22,25-26,34,37-39,41-46H2,1-5H3/b10-8-,11-9-,15-14-,18-17-,21-20-,24-23-,30-27-,32-28-,33-29-,35-31-,40-36+/t47?,48-/m1/s1. The van der Waals surface area contributed by atoms with Crippen molar-refractivity contribution in [2.75, 3.05) is 47.5 Å². The fraction of sp³-hybridized carbons (Fsp3) is 0.520. The minimum Gasteiger partial charge on any atom is -0.756 e. The summed E-state index contributed by atoms with van der Waals surface area (Å²) in [6.07, 6.45) is 53.9. The van der Waals surface area contributed by atoms with Gasteiger partial charge in [-0.3, -0.25) is 14.2 Å². The number of likely N-dealkylation sites (N-methyl/N-ethyl adjacent to an activating group) is 1. The maximum absolute atomic E-state index is 12.7. The van der Waals surface area contributed by atoms with Crippen molar-refractivity contribution < 1.29 is 47.2 Å². The Labute approximate surface area is 369 Å². The van der Waals surface area contributed by atoms with Crippen LogP contribution in [0.3, 0.4) is 0 Å². The van der Waals surface area contributed by atoms with Crippen molar-refractivity contribution in [2.24, 2.45) is 0 Å². The third kappa shape index (κ3) is 44.0. The second-order valence-electron chi connectivity index (χ2n) is 15.1. The normalized spacial score (nSPS) is 15.3. The average Bonchev–Trinajstić information content (AvgIpc) is 3.21. The van der Waals surface area contributed by atoms with E-state index in [1.54, 1.807) is 6.08 Å². The van der Waals surface area contributed by atoms with Crippen molar-refractivity contribution in [1.82, 2.24) is 0 Å².